The minimum atomic E-state index is -0.569. The van der Waals surface area contributed by atoms with Gasteiger partial charge in [-0.3, -0.25) is 19.3 Å². The highest BCUT2D eigenvalue weighted by Gasteiger charge is 2.36. The summed E-state index contributed by atoms with van der Waals surface area (Å²) in [6, 6.07) is 12.3. The van der Waals surface area contributed by atoms with E-state index in [-0.39, 0.29) is 23.9 Å². The molecule has 1 saturated heterocycles. The number of nitrogens with zero attached hydrogens (tertiary/aromatic N) is 1. The maximum atomic E-state index is 12.8. The molecule has 0 aromatic heterocycles. The fourth-order valence-electron chi connectivity index (χ4n) is 3.32. The van der Waals surface area contributed by atoms with E-state index in [9.17, 15) is 19.2 Å². The average Bonchev–Trinajstić information content (AvgIpc) is 3.10. The minimum absolute atomic E-state index is 0.163. The van der Waals surface area contributed by atoms with Crippen molar-refractivity contribution < 1.29 is 33.4 Å². The van der Waals surface area contributed by atoms with Crippen molar-refractivity contribution in [2.45, 2.75) is 26.7 Å². The lowest BCUT2D eigenvalue weighted by atomic mass is 10.0. The first-order valence-corrected chi connectivity index (χ1v) is 12.1. The molecule has 3 amide bonds. The standard InChI is InChI=1S/C26H28N2O7S/c1-5-34-24(30)15-35-21-12-17(6-11-20(21)33-4)13-22-25(31)28(26(32)36-22)14-23(29)27-19-9-7-18(8-10-19)16(2)3/h6-13,16H,5,14-15H2,1-4H3,(H,27,29)/b22-13-. The molecule has 0 saturated carbocycles. The third kappa shape index (κ3) is 6.88. The van der Waals surface area contributed by atoms with Gasteiger partial charge in [0.05, 0.1) is 18.6 Å². The van der Waals surface area contributed by atoms with Gasteiger partial charge in [0, 0.05) is 5.69 Å². The quantitative estimate of drug-likeness (QED) is 0.368. The summed E-state index contributed by atoms with van der Waals surface area (Å²) in [5.74, 6) is -0.540. The Morgan fingerprint density at radius 2 is 1.81 bits per heavy atom. The van der Waals surface area contributed by atoms with Crippen molar-refractivity contribution in [1.82, 2.24) is 4.90 Å². The van der Waals surface area contributed by atoms with E-state index in [0.29, 0.717) is 22.9 Å². The Kier molecular flexibility index (Phi) is 9.13. The monoisotopic (exact) mass is 512 g/mol. The normalized spacial score (nSPS) is 14.4. The van der Waals surface area contributed by atoms with E-state index < -0.39 is 29.6 Å². The van der Waals surface area contributed by atoms with E-state index in [2.05, 4.69) is 19.2 Å². The number of esters is 1. The van der Waals surface area contributed by atoms with Crippen LogP contribution < -0.4 is 14.8 Å². The SMILES string of the molecule is CCOC(=O)COc1cc(/C=C2\SC(=O)N(CC(=O)Nc3ccc(C(C)C)cc3)C2=O)ccc1OC. The van der Waals surface area contributed by atoms with Crippen LogP contribution in [0.2, 0.25) is 0 Å². The molecule has 2 aromatic rings. The number of hydrogen-bond donors (Lipinski definition) is 1. The summed E-state index contributed by atoms with van der Waals surface area (Å²) in [5, 5.41) is 2.17. The molecule has 0 bridgehead atoms. The van der Waals surface area contributed by atoms with Gasteiger partial charge in [0.2, 0.25) is 5.91 Å². The second kappa shape index (κ2) is 12.3. The molecule has 10 heteroatoms. The molecule has 0 radical (unpaired) electrons. The molecular formula is C26H28N2O7S. The zero-order valence-corrected chi connectivity index (χ0v) is 21.3. The zero-order valence-electron chi connectivity index (χ0n) is 20.5. The summed E-state index contributed by atoms with van der Waals surface area (Å²) < 4.78 is 15.6. The van der Waals surface area contributed by atoms with Crippen LogP contribution in [0.1, 0.15) is 37.8 Å². The maximum absolute atomic E-state index is 12.8. The number of rotatable bonds is 10. The van der Waals surface area contributed by atoms with Crippen molar-refractivity contribution >= 4 is 46.5 Å². The van der Waals surface area contributed by atoms with Crippen LogP contribution >= 0.6 is 11.8 Å². The Bertz CT molecular complexity index is 1180. The van der Waals surface area contributed by atoms with Crippen molar-refractivity contribution in [2.75, 3.05) is 32.2 Å². The summed E-state index contributed by atoms with van der Waals surface area (Å²) in [6.45, 7) is 5.37. The lowest BCUT2D eigenvalue weighted by Crippen LogP contribution is -2.36. The molecule has 0 spiro atoms. The predicted molar refractivity (Wildman–Crippen MR) is 137 cm³/mol. The van der Waals surface area contributed by atoms with Gasteiger partial charge in [-0.25, -0.2) is 4.79 Å². The molecule has 1 aliphatic rings. The van der Waals surface area contributed by atoms with Gasteiger partial charge in [0.25, 0.3) is 11.1 Å². The van der Waals surface area contributed by atoms with Gasteiger partial charge in [-0.1, -0.05) is 32.0 Å². The Hall–Kier alpha value is -3.79. The van der Waals surface area contributed by atoms with Gasteiger partial charge in [-0.15, -0.1) is 0 Å². The minimum Gasteiger partial charge on any atom is -0.493 e. The van der Waals surface area contributed by atoms with Crippen molar-refractivity contribution in [2.24, 2.45) is 0 Å². The summed E-state index contributed by atoms with van der Waals surface area (Å²) in [6.07, 6.45) is 1.52. The molecule has 9 nitrogen and oxygen atoms in total. The molecule has 1 aliphatic heterocycles. The lowest BCUT2D eigenvalue weighted by Gasteiger charge is -2.13. The molecule has 0 aliphatic carbocycles. The average molecular weight is 513 g/mol. The summed E-state index contributed by atoms with van der Waals surface area (Å²) in [7, 11) is 1.46. The largest absolute Gasteiger partial charge is 0.493 e. The Balaban J connectivity index is 1.68. The molecule has 0 atom stereocenters. The van der Waals surface area contributed by atoms with Crippen LogP contribution in [0.5, 0.6) is 11.5 Å². The summed E-state index contributed by atoms with van der Waals surface area (Å²) >= 11 is 0.743. The predicted octanol–water partition coefficient (Wildman–Crippen LogP) is 4.44. The topological polar surface area (TPSA) is 111 Å². The molecule has 2 aromatic carbocycles. The first kappa shape index (κ1) is 26.8. The number of carbonyl (C=O) groups excluding carboxylic acids is 4. The number of anilines is 1. The Labute approximate surface area is 213 Å². The number of amides is 3. The lowest BCUT2D eigenvalue weighted by molar-refractivity contribution is -0.145. The van der Waals surface area contributed by atoms with Gasteiger partial charge in [0.1, 0.15) is 6.54 Å². The third-order valence-corrected chi connectivity index (χ3v) is 6.08. The number of methoxy groups -OCH3 is 1. The summed E-state index contributed by atoms with van der Waals surface area (Å²) in [5.41, 5.74) is 2.27. The molecule has 190 valence electrons. The summed E-state index contributed by atoms with van der Waals surface area (Å²) in [4.78, 5) is 50.4. The Morgan fingerprint density at radius 1 is 1.08 bits per heavy atom. The number of hydrogen-bond acceptors (Lipinski definition) is 8. The van der Waals surface area contributed by atoms with Crippen LogP contribution in [-0.4, -0.2) is 54.8 Å². The van der Waals surface area contributed by atoms with Crippen molar-refractivity contribution in [3.8, 4) is 11.5 Å². The fraction of sp³-hybridized carbons (Fsp3) is 0.308. The van der Waals surface area contributed by atoms with Crippen LogP contribution in [0, 0.1) is 0 Å². The molecule has 1 heterocycles. The van der Waals surface area contributed by atoms with Crippen LogP contribution in [-0.2, 0) is 19.1 Å². The number of thioether (sulfide) groups is 1. The van der Waals surface area contributed by atoms with Crippen LogP contribution in [0.4, 0.5) is 10.5 Å². The van der Waals surface area contributed by atoms with E-state index in [1.54, 1.807) is 37.3 Å². The second-order valence-corrected chi connectivity index (χ2v) is 9.09. The molecule has 1 fully saturated rings. The number of carbonyl (C=O) groups is 4. The van der Waals surface area contributed by atoms with E-state index in [1.807, 2.05) is 12.1 Å². The van der Waals surface area contributed by atoms with E-state index in [4.69, 9.17) is 14.2 Å². The van der Waals surface area contributed by atoms with E-state index in [0.717, 1.165) is 22.2 Å². The highest BCUT2D eigenvalue weighted by atomic mass is 32.2. The molecular weight excluding hydrogens is 484 g/mol. The van der Waals surface area contributed by atoms with Gasteiger partial charge in [-0.05, 0) is 66.1 Å². The second-order valence-electron chi connectivity index (χ2n) is 8.10. The maximum Gasteiger partial charge on any atom is 0.344 e. The van der Waals surface area contributed by atoms with Gasteiger partial charge in [-0.2, -0.15) is 0 Å². The van der Waals surface area contributed by atoms with Crippen molar-refractivity contribution in [3.05, 3.63) is 58.5 Å². The molecule has 3 rings (SSSR count). The highest BCUT2D eigenvalue weighted by molar-refractivity contribution is 8.18. The van der Waals surface area contributed by atoms with Crippen LogP contribution in [0.3, 0.4) is 0 Å². The van der Waals surface area contributed by atoms with Gasteiger partial charge in [0.15, 0.2) is 18.1 Å². The van der Waals surface area contributed by atoms with Crippen LogP contribution in [0.15, 0.2) is 47.4 Å². The molecule has 36 heavy (non-hydrogen) atoms. The third-order valence-electron chi connectivity index (χ3n) is 5.17. The van der Waals surface area contributed by atoms with E-state index in [1.165, 1.54) is 13.2 Å². The van der Waals surface area contributed by atoms with Crippen molar-refractivity contribution in [3.63, 3.8) is 0 Å². The number of ether oxygens (including phenoxy) is 3. The first-order chi connectivity index (χ1) is 17.2. The number of benzene rings is 2. The number of imide groups is 1. The van der Waals surface area contributed by atoms with Gasteiger partial charge < -0.3 is 19.5 Å². The van der Waals surface area contributed by atoms with Crippen LogP contribution in [0.25, 0.3) is 6.08 Å². The molecule has 1 N–H and O–H groups in total. The first-order valence-electron chi connectivity index (χ1n) is 11.3. The number of nitrogens with one attached hydrogen (secondary N) is 1. The zero-order chi connectivity index (χ0) is 26.2. The highest BCUT2D eigenvalue weighted by Crippen LogP contribution is 2.34. The van der Waals surface area contributed by atoms with Crippen molar-refractivity contribution in [1.29, 1.82) is 0 Å². The van der Waals surface area contributed by atoms with Gasteiger partial charge >= 0.3 is 5.97 Å². The molecule has 0 unspecified atom stereocenters. The Morgan fingerprint density at radius 3 is 2.44 bits per heavy atom. The van der Waals surface area contributed by atoms with E-state index >= 15 is 0 Å². The fourth-order valence-corrected chi connectivity index (χ4v) is 4.16. The smallest absolute Gasteiger partial charge is 0.344 e.